The zero-order chi connectivity index (χ0) is 23.4. The number of hydrogen-bond donors (Lipinski definition) is 1. The summed E-state index contributed by atoms with van der Waals surface area (Å²) in [5.74, 6) is 0.145. The Hall–Kier alpha value is -2.55. The second-order valence-corrected chi connectivity index (χ2v) is 9.14. The number of carbonyl (C=O) groups is 3. The van der Waals surface area contributed by atoms with Crippen LogP contribution in [0.25, 0.3) is 0 Å². The molecule has 2 saturated heterocycles. The lowest BCUT2D eigenvalue weighted by atomic mass is 9.95. The molecule has 1 N–H and O–H groups in total. The number of carbonyl (C=O) groups excluding carboxylic acids is 3. The second-order valence-electron chi connectivity index (χ2n) is 8.32. The van der Waals surface area contributed by atoms with E-state index in [1.807, 2.05) is 4.90 Å². The quantitative estimate of drug-likeness (QED) is 0.692. The Bertz CT molecular complexity index is 998. The summed E-state index contributed by atoms with van der Waals surface area (Å²) in [6.07, 6.45) is 2.91. The lowest BCUT2D eigenvalue weighted by Crippen LogP contribution is -2.53. The Morgan fingerprint density at radius 2 is 1.64 bits per heavy atom. The van der Waals surface area contributed by atoms with Gasteiger partial charge in [-0.2, -0.15) is 0 Å². The highest BCUT2D eigenvalue weighted by atomic mass is 35.5. The van der Waals surface area contributed by atoms with Crippen LogP contribution in [0.4, 0.5) is 5.69 Å². The van der Waals surface area contributed by atoms with E-state index < -0.39 is 0 Å². The maximum Gasteiger partial charge on any atom is 0.289 e. The van der Waals surface area contributed by atoms with Gasteiger partial charge in [0.1, 0.15) is 0 Å². The number of piperazine rings is 1. The lowest BCUT2D eigenvalue weighted by molar-refractivity contribution is -0.138. The van der Waals surface area contributed by atoms with Gasteiger partial charge in [0, 0.05) is 37.8 Å². The van der Waals surface area contributed by atoms with Crippen molar-refractivity contribution in [1.82, 2.24) is 14.7 Å². The Morgan fingerprint density at radius 3 is 2.27 bits per heavy atom. The molecule has 0 atom stereocenters. The van der Waals surface area contributed by atoms with Crippen LogP contribution in [0.3, 0.4) is 0 Å². The normalized spacial score (nSPS) is 17.8. The number of nitrogens with one attached hydrogen (secondary N) is 1. The van der Waals surface area contributed by atoms with E-state index in [1.165, 1.54) is 6.26 Å². The van der Waals surface area contributed by atoms with Crippen molar-refractivity contribution < 1.29 is 18.8 Å². The maximum atomic E-state index is 13.0. The predicted molar refractivity (Wildman–Crippen MR) is 125 cm³/mol. The van der Waals surface area contributed by atoms with Crippen LogP contribution < -0.4 is 5.32 Å². The molecule has 3 heterocycles. The molecule has 10 heteroatoms. The summed E-state index contributed by atoms with van der Waals surface area (Å²) in [4.78, 5) is 43.3. The van der Waals surface area contributed by atoms with Gasteiger partial charge < -0.3 is 19.5 Å². The molecule has 176 valence electrons. The van der Waals surface area contributed by atoms with Crippen LogP contribution in [0.5, 0.6) is 0 Å². The van der Waals surface area contributed by atoms with E-state index in [2.05, 4.69) is 10.2 Å². The molecule has 0 aliphatic carbocycles. The third-order valence-electron chi connectivity index (χ3n) is 6.12. The summed E-state index contributed by atoms with van der Waals surface area (Å²) < 4.78 is 5.18. The van der Waals surface area contributed by atoms with Gasteiger partial charge in [0.15, 0.2) is 5.76 Å². The zero-order valence-corrected chi connectivity index (χ0v) is 19.6. The van der Waals surface area contributed by atoms with Crippen LogP contribution in [0.15, 0.2) is 41.0 Å². The molecule has 1 aromatic carbocycles. The fourth-order valence-electron chi connectivity index (χ4n) is 4.26. The average Bonchev–Trinajstić information content (AvgIpc) is 3.36. The molecule has 1 aromatic heterocycles. The molecule has 4 rings (SSSR count). The molecule has 2 aliphatic heterocycles. The smallest absolute Gasteiger partial charge is 0.289 e. The van der Waals surface area contributed by atoms with Crippen molar-refractivity contribution in [2.75, 3.05) is 51.1 Å². The van der Waals surface area contributed by atoms with Gasteiger partial charge in [-0.3, -0.25) is 19.3 Å². The van der Waals surface area contributed by atoms with Crippen LogP contribution in [0.1, 0.15) is 23.4 Å². The molecule has 2 aromatic rings. The third kappa shape index (κ3) is 5.88. The Morgan fingerprint density at radius 1 is 0.939 bits per heavy atom. The van der Waals surface area contributed by atoms with Gasteiger partial charge in [0.05, 0.1) is 22.9 Å². The van der Waals surface area contributed by atoms with Crippen molar-refractivity contribution in [2.24, 2.45) is 5.92 Å². The largest absolute Gasteiger partial charge is 0.459 e. The van der Waals surface area contributed by atoms with Crippen molar-refractivity contribution in [3.8, 4) is 0 Å². The van der Waals surface area contributed by atoms with Gasteiger partial charge in [0.25, 0.3) is 5.91 Å². The molecule has 0 spiro atoms. The minimum absolute atomic E-state index is 0.0493. The van der Waals surface area contributed by atoms with E-state index in [-0.39, 0.29) is 30.2 Å². The summed E-state index contributed by atoms with van der Waals surface area (Å²) in [5, 5.41) is 3.65. The summed E-state index contributed by atoms with van der Waals surface area (Å²) in [5.41, 5.74) is 0.601. The topological polar surface area (TPSA) is 86.1 Å². The van der Waals surface area contributed by atoms with Crippen LogP contribution in [-0.4, -0.2) is 78.2 Å². The zero-order valence-electron chi connectivity index (χ0n) is 18.1. The summed E-state index contributed by atoms with van der Waals surface area (Å²) >= 11 is 11.9. The van der Waals surface area contributed by atoms with E-state index in [4.69, 9.17) is 27.6 Å². The standard InChI is InChI=1S/C23H26Cl2N4O4/c24-18-4-3-17(14-19(18)25)26-21(30)15-27-7-5-16(6-8-27)22(31)28-9-11-29(12-10-28)23(32)20-2-1-13-33-20/h1-4,13-14,16H,5-12,15H2,(H,26,30). The highest BCUT2D eigenvalue weighted by Crippen LogP contribution is 2.25. The first-order valence-electron chi connectivity index (χ1n) is 11.0. The molecule has 0 saturated carbocycles. The fraction of sp³-hybridized carbons (Fsp3) is 0.435. The van der Waals surface area contributed by atoms with Crippen LogP contribution in [0, 0.1) is 5.92 Å². The first-order valence-corrected chi connectivity index (χ1v) is 11.7. The van der Waals surface area contributed by atoms with Gasteiger partial charge in [0.2, 0.25) is 11.8 Å². The molecular formula is C23H26Cl2N4O4. The molecule has 2 aliphatic rings. The summed E-state index contributed by atoms with van der Waals surface area (Å²) in [6.45, 7) is 3.67. The molecule has 0 bridgehead atoms. The van der Waals surface area contributed by atoms with Crippen LogP contribution >= 0.6 is 23.2 Å². The fourth-order valence-corrected chi connectivity index (χ4v) is 4.56. The number of halogens is 2. The minimum Gasteiger partial charge on any atom is -0.459 e. The highest BCUT2D eigenvalue weighted by molar-refractivity contribution is 6.42. The van der Waals surface area contributed by atoms with E-state index in [9.17, 15) is 14.4 Å². The van der Waals surface area contributed by atoms with Gasteiger partial charge in [-0.05, 0) is 56.3 Å². The number of piperidine rings is 1. The number of nitrogens with zero attached hydrogens (tertiary/aromatic N) is 3. The molecule has 2 fully saturated rings. The molecule has 8 nitrogen and oxygen atoms in total. The maximum absolute atomic E-state index is 13.0. The number of rotatable bonds is 5. The van der Waals surface area contributed by atoms with E-state index in [1.54, 1.807) is 35.2 Å². The number of amides is 3. The average molecular weight is 493 g/mol. The Labute approximate surface area is 202 Å². The van der Waals surface area contributed by atoms with Crippen molar-refractivity contribution in [1.29, 1.82) is 0 Å². The van der Waals surface area contributed by atoms with Gasteiger partial charge in [-0.25, -0.2) is 0 Å². The van der Waals surface area contributed by atoms with Crippen LogP contribution in [-0.2, 0) is 9.59 Å². The van der Waals surface area contributed by atoms with E-state index in [0.29, 0.717) is 73.6 Å². The number of hydrogen-bond acceptors (Lipinski definition) is 5. The Kier molecular flexibility index (Phi) is 7.57. The highest BCUT2D eigenvalue weighted by Gasteiger charge is 2.32. The lowest BCUT2D eigenvalue weighted by Gasteiger charge is -2.38. The third-order valence-corrected chi connectivity index (χ3v) is 6.86. The number of benzene rings is 1. The molecule has 33 heavy (non-hydrogen) atoms. The van der Waals surface area contributed by atoms with Crippen molar-refractivity contribution in [2.45, 2.75) is 12.8 Å². The molecule has 3 amide bonds. The molecular weight excluding hydrogens is 467 g/mol. The minimum atomic E-state index is -0.139. The first kappa shape index (κ1) is 23.6. The Balaban J connectivity index is 1.19. The molecule has 0 radical (unpaired) electrons. The SMILES string of the molecule is O=C(CN1CCC(C(=O)N2CCN(C(=O)c3ccco3)CC2)CC1)Nc1ccc(Cl)c(Cl)c1. The van der Waals surface area contributed by atoms with Crippen molar-refractivity contribution in [3.05, 3.63) is 52.4 Å². The predicted octanol–water partition coefficient (Wildman–Crippen LogP) is 3.22. The van der Waals surface area contributed by atoms with Crippen LogP contribution in [0.2, 0.25) is 10.0 Å². The summed E-state index contributed by atoms with van der Waals surface area (Å²) in [6, 6.07) is 8.31. The first-order chi connectivity index (χ1) is 15.9. The second kappa shape index (κ2) is 10.6. The number of likely N-dealkylation sites (tertiary alicyclic amines) is 1. The monoisotopic (exact) mass is 492 g/mol. The van der Waals surface area contributed by atoms with E-state index >= 15 is 0 Å². The summed E-state index contributed by atoms with van der Waals surface area (Å²) in [7, 11) is 0. The van der Waals surface area contributed by atoms with E-state index in [0.717, 1.165) is 0 Å². The molecule has 0 unspecified atom stereocenters. The van der Waals surface area contributed by atoms with Gasteiger partial charge >= 0.3 is 0 Å². The number of anilines is 1. The van der Waals surface area contributed by atoms with Crippen molar-refractivity contribution >= 4 is 46.6 Å². The number of furan rings is 1. The van der Waals surface area contributed by atoms with Gasteiger partial charge in [-0.1, -0.05) is 23.2 Å². The van der Waals surface area contributed by atoms with Gasteiger partial charge in [-0.15, -0.1) is 0 Å². The van der Waals surface area contributed by atoms with Crippen molar-refractivity contribution in [3.63, 3.8) is 0 Å².